The third-order valence-corrected chi connectivity index (χ3v) is 3.76. The number of nitrogens with zero attached hydrogens (tertiary/aromatic N) is 2. The fourth-order valence-corrected chi connectivity index (χ4v) is 2.58. The van der Waals surface area contributed by atoms with Gasteiger partial charge in [-0.25, -0.2) is 4.79 Å². The maximum atomic E-state index is 11.7. The Labute approximate surface area is 140 Å². The van der Waals surface area contributed by atoms with Gasteiger partial charge in [0.1, 0.15) is 0 Å². The zero-order valence-electron chi connectivity index (χ0n) is 13.3. The van der Waals surface area contributed by atoms with Crippen molar-refractivity contribution in [3.63, 3.8) is 0 Å². The van der Waals surface area contributed by atoms with Crippen LogP contribution in [0.5, 0.6) is 0 Å². The minimum absolute atomic E-state index is 0.407. The SMILES string of the molecule is C#Cc1cc(C(=O)OC)ccc1-c1ccnn1Cc1ccccc1. The molecule has 4 nitrogen and oxygen atoms in total. The number of terminal acetylenes is 1. The Balaban J connectivity index is 2.00. The van der Waals surface area contributed by atoms with Crippen LogP contribution in [0.3, 0.4) is 0 Å². The molecule has 0 spiro atoms. The van der Waals surface area contributed by atoms with Crippen LogP contribution in [0.1, 0.15) is 21.5 Å². The molecule has 1 aromatic heterocycles. The quantitative estimate of drug-likeness (QED) is 0.547. The van der Waals surface area contributed by atoms with Crippen LogP contribution in [-0.4, -0.2) is 22.9 Å². The van der Waals surface area contributed by atoms with Crippen molar-refractivity contribution < 1.29 is 9.53 Å². The van der Waals surface area contributed by atoms with E-state index in [9.17, 15) is 4.79 Å². The summed E-state index contributed by atoms with van der Waals surface area (Å²) in [6, 6.07) is 17.2. The van der Waals surface area contributed by atoms with Crippen molar-refractivity contribution in [2.24, 2.45) is 0 Å². The predicted molar refractivity (Wildman–Crippen MR) is 92.5 cm³/mol. The summed E-state index contributed by atoms with van der Waals surface area (Å²) >= 11 is 0. The highest BCUT2D eigenvalue weighted by Crippen LogP contribution is 2.25. The van der Waals surface area contributed by atoms with Gasteiger partial charge in [0.05, 0.1) is 24.9 Å². The number of hydrogen-bond donors (Lipinski definition) is 0. The summed E-state index contributed by atoms with van der Waals surface area (Å²) in [6.07, 6.45) is 7.38. The van der Waals surface area contributed by atoms with Crippen molar-refractivity contribution in [2.45, 2.75) is 6.54 Å². The van der Waals surface area contributed by atoms with E-state index in [1.54, 1.807) is 18.3 Å². The van der Waals surface area contributed by atoms with Crippen molar-refractivity contribution in [3.05, 3.63) is 77.5 Å². The van der Waals surface area contributed by atoms with Gasteiger partial charge in [-0.1, -0.05) is 42.3 Å². The third kappa shape index (κ3) is 3.06. The Kier molecular flexibility index (Phi) is 4.44. The lowest BCUT2D eigenvalue weighted by Crippen LogP contribution is -2.05. The molecule has 0 N–H and O–H groups in total. The van der Waals surface area contributed by atoms with E-state index in [0.29, 0.717) is 17.7 Å². The number of carbonyl (C=O) groups is 1. The molecule has 0 aliphatic heterocycles. The lowest BCUT2D eigenvalue weighted by molar-refractivity contribution is 0.0600. The van der Waals surface area contributed by atoms with Crippen LogP contribution < -0.4 is 0 Å². The zero-order valence-corrected chi connectivity index (χ0v) is 13.3. The smallest absolute Gasteiger partial charge is 0.337 e. The molecule has 3 rings (SSSR count). The van der Waals surface area contributed by atoms with E-state index in [0.717, 1.165) is 16.8 Å². The van der Waals surface area contributed by atoms with Crippen LogP contribution in [0.4, 0.5) is 0 Å². The summed E-state index contributed by atoms with van der Waals surface area (Å²) in [5, 5.41) is 4.39. The van der Waals surface area contributed by atoms with E-state index in [-0.39, 0.29) is 0 Å². The summed E-state index contributed by atoms with van der Waals surface area (Å²) in [4.78, 5) is 11.7. The van der Waals surface area contributed by atoms with Gasteiger partial charge in [-0.2, -0.15) is 5.10 Å². The molecule has 0 bridgehead atoms. The van der Waals surface area contributed by atoms with Crippen molar-refractivity contribution in [1.82, 2.24) is 9.78 Å². The Morgan fingerprint density at radius 3 is 2.71 bits per heavy atom. The molecule has 0 saturated heterocycles. The second-order valence-corrected chi connectivity index (χ2v) is 5.26. The molecule has 0 saturated carbocycles. The van der Waals surface area contributed by atoms with Crippen LogP contribution in [0, 0.1) is 12.3 Å². The minimum atomic E-state index is -0.407. The number of carbonyl (C=O) groups excluding carboxylic acids is 1. The molecule has 0 aliphatic rings. The van der Waals surface area contributed by atoms with Gasteiger partial charge < -0.3 is 4.74 Å². The summed E-state index contributed by atoms with van der Waals surface area (Å²) in [5.41, 5.74) is 3.98. The summed E-state index contributed by atoms with van der Waals surface area (Å²) in [5.74, 6) is 2.24. The van der Waals surface area contributed by atoms with Crippen LogP contribution >= 0.6 is 0 Å². The van der Waals surface area contributed by atoms with Crippen molar-refractivity contribution >= 4 is 5.97 Å². The number of aromatic nitrogens is 2. The maximum Gasteiger partial charge on any atom is 0.337 e. The van der Waals surface area contributed by atoms with Crippen molar-refractivity contribution in [1.29, 1.82) is 0 Å². The molecule has 3 aromatic rings. The Morgan fingerprint density at radius 1 is 1.21 bits per heavy atom. The zero-order chi connectivity index (χ0) is 16.9. The summed E-state index contributed by atoms with van der Waals surface area (Å²) in [6.45, 7) is 0.645. The fourth-order valence-electron chi connectivity index (χ4n) is 2.58. The Bertz CT molecular complexity index is 905. The fraction of sp³-hybridized carbons (Fsp3) is 0.100. The molecule has 1 heterocycles. The van der Waals surface area contributed by atoms with E-state index < -0.39 is 5.97 Å². The molecule has 24 heavy (non-hydrogen) atoms. The van der Waals surface area contributed by atoms with Gasteiger partial charge in [-0.3, -0.25) is 4.68 Å². The molecule has 0 radical (unpaired) electrons. The predicted octanol–water partition coefficient (Wildman–Crippen LogP) is 3.37. The van der Waals surface area contributed by atoms with Gasteiger partial charge in [0.25, 0.3) is 0 Å². The molecule has 0 unspecified atom stereocenters. The van der Waals surface area contributed by atoms with E-state index in [1.165, 1.54) is 7.11 Å². The standard InChI is InChI=1S/C20H16N2O2/c1-3-16-13-17(20(23)24-2)9-10-18(16)19-11-12-21-22(19)14-15-7-5-4-6-8-15/h1,4-13H,14H2,2H3. The van der Waals surface area contributed by atoms with Crippen LogP contribution in [-0.2, 0) is 11.3 Å². The average Bonchev–Trinajstić information content (AvgIpc) is 3.09. The van der Waals surface area contributed by atoms with Gasteiger partial charge in [0, 0.05) is 17.3 Å². The number of benzene rings is 2. The van der Waals surface area contributed by atoms with Gasteiger partial charge >= 0.3 is 5.97 Å². The first kappa shape index (κ1) is 15.6. The summed E-state index contributed by atoms with van der Waals surface area (Å²) < 4.78 is 6.64. The maximum absolute atomic E-state index is 11.7. The molecule has 0 fully saturated rings. The topological polar surface area (TPSA) is 44.1 Å². The third-order valence-electron chi connectivity index (χ3n) is 3.76. The highest BCUT2D eigenvalue weighted by molar-refractivity contribution is 5.91. The van der Waals surface area contributed by atoms with Crippen LogP contribution in [0.15, 0.2) is 60.8 Å². The van der Waals surface area contributed by atoms with Crippen molar-refractivity contribution in [2.75, 3.05) is 7.11 Å². The highest BCUT2D eigenvalue weighted by Gasteiger charge is 2.13. The highest BCUT2D eigenvalue weighted by atomic mass is 16.5. The number of ether oxygens (including phenoxy) is 1. The lowest BCUT2D eigenvalue weighted by atomic mass is 10.0. The number of methoxy groups -OCH3 is 1. The average molecular weight is 316 g/mol. The van der Waals surface area contributed by atoms with Crippen LogP contribution in [0.25, 0.3) is 11.3 Å². The van der Waals surface area contributed by atoms with Gasteiger partial charge in [0.2, 0.25) is 0 Å². The molecule has 0 atom stereocenters. The number of hydrogen-bond acceptors (Lipinski definition) is 3. The molecular formula is C20H16N2O2. The first-order valence-corrected chi connectivity index (χ1v) is 7.48. The summed E-state index contributed by atoms with van der Waals surface area (Å²) in [7, 11) is 1.35. The van der Waals surface area contributed by atoms with Gasteiger partial charge in [-0.15, -0.1) is 6.42 Å². The molecular weight excluding hydrogens is 300 g/mol. The second kappa shape index (κ2) is 6.84. The molecule has 2 aromatic carbocycles. The van der Waals surface area contributed by atoms with Crippen LogP contribution in [0.2, 0.25) is 0 Å². The minimum Gasteiger partial charge on any atom is -0.465 e. The first-order chi connectivity index (χ1) is 11.7. The van der Waals surface area contributed by atoms with Gasteiger partial charge in [-0.05, 0) is 23.8 Å². The Morgan fingerprint density at radius 2 is 2.00 bits per heavy atom. The Hall–Kier alpha value is -3.32. The van der Waals surface area contributed by atoms with E-state index in [2.05, 4.69) is 11.0 Å². The second-order valence-electron chi connectivity index (χ2n) is 5.26. The van der Waals surface area contributed by atoms with Crippen molar-refractivity contribution in [3.8, 4) is 23.6 Å². The molecule has 118 valence electrons. The van der Waals surface area contributed by atoms with E-state index in [1.807, 2.05) is 47.1 Å². The molecule has 0 aliphatic carbocycles. The first-order valence-electron chi connectivity index (χ1n) is 7.48. The lowest BCUT2D eigenvalue weighted by Gasteiger charge is -2.11. The number of esters is 1. The van der Waals surface area contributed by atoms with E-state index in [4.69, 9.17) is 11.2 Å². The van der Waals surface area contributed by atoms with Gasteiger partial charge in [0.15, 0.2) is 0 Å². The largest absolute Gasteiger partial charge is 0.465 e. The number of rotatable bonds is 4. The monoisotopic (exact) mass is 316 g/mol. The van der Waals surface area contributed by atoms with E-state index >= 15 is 0 Å². The molecule has 0 amide bonds. The normalized spacial score (nSPS) is 10.2. The molecule has 4 heteroatoms.